The van der Waals surface area contributed by atoms with Crippen LogP contribution < -0.4 is 0 Å². The van der Waals surface area contributed by atoms with E-state index < -0.39 is 0 Å². The van der Waals surface area contributed by atoms with Crippen molar-refractivity contribution in [1.29, 1.82) is 0 Å². The Labute approximate surface area is 298 Å². The van der Waals surface area contributed by atoms with Gasteiger partial charge in [-0.15, -0.1) is 11.3 Å². The molecular weight excluding hydrogens is 641 g/mol. The highest BCUT2D eigenvalue weighted by atomic mass is 32.1. The van der Waals surface area contributed by atoms with Gasteiger partial charge in [0.25, 0.3) is 0 Å². The molecule has 0 N–H and O–H groups in total. The average molecular weight is 669 g/mol. The summed E-state index contributed by atoms with van der Waals surface area (Å²) in [5.41, 5.74) is 8.22. The number of aromatic nitrogens is 4. The van der Waals surface area contributed by atoms with Crippen LogP contribution in [0.4, 0.5) is 0 Å². The average Bonchev–Trinajstić information content (AvgIpc) is 3.61. The first-order valence-electron chi connectivity index (χ1n) is 17.0. The minimum absolute atomic E-state index is 0.641. The Hall–Kier alpha value is -6.56. The van der Waals surface area contributed by atoms with E-state index in [2.05, 4.69) is 109 Å². The Bertz CT molecular complexity index is 2840. The molecule has 3 aromatic heterocycles. The summed E-state index contributed by atoms with van der Waals surface area (Å²) < 4.78 is 2.55. The monoisotopic (exact) mass is 668 g/mol. The second-order valence-corrected chi connectivity index (χ2v) is 13.7. The summed E-state index contributed by atoms with van der Waals surface area (Å²) in [6.45, 7) is 0. The summed E-state index contributed by atoms with van der Waals surface area (Å²) in [4.78, 5) is 20.2. The van der Waals surface area contributed by atoms with E-state index in [0.717, 1.165) is 44.6 Å². The fourth-order valence-electron chi connectivity index (χ4n) is 7.00. The van der Waals surface area contributed by atoms with Crippen molar-refractivity contribution in [3.63, 3.8) is 0 Å². The summed E-state index contributed by atoms with van der Waals surface area (Å²) in [6.07, 6.45) is 0. The van der Waals surface area contributed by atoms with Crippen LogP contribution in [0.15, 0.2) is 170 Å². The molecule has 7 aromatic carbocycles. The molecule has 0 aliphatic heterocycles. The molecule has 0 fully saturated rings. The fourth-order valence-corrected chi connectivity index (χ4v) is 8.23. The Morgan fingerprint density at radius 3 is 1.61 bits per heavy atom. The number of hydrogen-bond donors (Lipinski definition) is 0. The molecule has 0 aliphatic carbocycles. The number of thiophene rings is 1. The molecule has 0 saturated heterocycles. The lowest BCUT2D eigenvalue weighted by Gasteiger charge is -2.12. The van der Waals surface area contributed by atoms with Crippen molar-refractivity contribution in [1.82, 2.24) is 19.9 Å². The SMILES string of the molecule is c1ccc(-c2nc(-c3ccccc3)nc(-c3ccc(-c4cccc(-c5nc6c7ccccc7ccc6c6sc7ccccc7c56)c4)cc3)n2)cc1. The van der Waals surface area contributed by atoms with Gasteiger partial charge in [0.15, 0.2) is 17.5 Å². The number of benzene rings is 7. The molecule has 51 heavy (non-hydrogen) atoms. The normalized spacial score (nSPS) is 11.5. The van der Waals surface area contributed by atoms with Crippen molar-refractivity contribution < 1.29 is 0 Å². The summed E-state index contributed by atoms with van der Waals surface area (Å²) in [6, 6.07) is 59.1. The maximum Gasteiger partial charge on any atom is 0.164 e. The topological polar surface area (TPSA) is 51.6 Å². The molecule has 0 unspecified atom stereocenters. The van der Waals surface area contributed by atoms with Gasteiger partial charge in [-0.3, -0.25) is 0 Å². The molecule has 238 valence electrons. The van der Waals surface area contributed by atoms with E-state index in [9.17, 15) is 0 Å². The van der Waals surface area contributed by atoms with Crippen LogP contribution >= 0.6 is 11.3 Å². The lowest BCUT2D eigenvalue weighted by Crippen LogP contribution is -2.00. The summed E-state index contributed by atoms with van der Waals surface area (Å²) >= 11 is 1.85. The van der Waals surface area contributed by atoms with Gasteiger partial charge in [-0.1, -0.05) is 158 Å². The van der Waals surface area contributed by atoms with Gasteiger partial charge in [0, 0.05) is 53.2 Å². The van der Waals surface area contributed by atoms with Crippen LogP contribution in [-0.2, 0) is 0 Å². The van der Waals surface area contributed by atoms with E-state index >= 15 is 0 Å². The van der Waals surface area contributed by atoms with E-state index in [0.29, 0.717) is 17.5 Å². The number of nitrogens with zero attached hydrogens (tertiary/aromatic N) is 4. The minimum Gasteiger partial charge on any atom is -0.246 e. The van der Waals surface area contributed by atoms with Gasteiger partial charge in [0.05, 0.1) is 11.2 Å². The van der Waals surface area contributed by atoms with Crippen molar-refractivity contribution >= 4 is 53.2 Å². The number of rotatable bonds is 5. The zero-order valence-electron chi connectivity index (χ0n) is 27.4. The van der Waals surface area contributed by atoms with Crippen LogP contribution in [0.5, 0.6) is 0 Å². The van der Waals surface area contributed by atoms with Crippen LogP contribution in [0.25, 0.3) is 98.4 Å². The maximum atomic E-state index is 5.46. The third kappa shape index (κ3) is 5.14. The van der Waals surface area contributed by atoms with Gasteiger partial charge < -0.3 is 0 Å². The van der Waals surface area contributed by atoms with Crippen molar-refractivity contribution in [2.75, 3.05) is 0 Å². The third-order valence-electron chi connectivity index (χ3n) is 9.51. The lowest BCUT2D eigenvalue weighted by molar-refractivity contribution is 1.07. The van der Waals surface area contributed by atoms with Crippen LogP contribution in [0.1, 0.15) is 0 Å². The number of fused-ring (bicyclic) bond motifs is 7. The molecule has 10 rings (SSSR count). The molecule has 4 nitrogen and oxygen atoms in total. The van der Waals surface area contributed by atoms with Crippen LogP contribution in [0.2, 0.25) is 0 Å². The Kier molecular flexibility index (Phi) is 6.96. The molecule has 0 amide bonds. The van der Waals surface area contributed by atoms with E-state index in [1.807, 2.05) is 72.0 Å². The largest absolute Gasteiger partial charge is 0.246 e. The van der Waals surface area contributed by atoms with Crippen molar-refractivity contribution in [3.8, 4) is 56.5 Å². The lowest BCUT2D eigenvalue weighted by atomic mass is 9.97. The predicted molar refractivity (Wildman–Crippen MR) is 213 cm³/mol. The van der Waals surface area contributed by atoms with Crippen molar-refractivity contribution in [2.24, 2.45) is 0 Å². The highest BCUT2D eigenvalue weighted by molar-refractivity contribution is 7.26. The molecule has 0 spiro atoms. The van der Waals surface area contributed by atoms with E-state index in [1.165, 1.54) is 36.3 Å². The first-order valence-corrected chi connectivity index (χ1v) is 17.8. The Morgan fingerprint density at radius 2 is 0.902 bits per heavy atom. The number of hydrogen-bond acceptors (Lipinski definition) is 5. The molecule has 5 heteroatoms. The van der Waals surface area contributed by atoms with E-state index in [-0.39, 0.29) is 0 Å². The first-order chi connectivity index (χ1) is 25.3. The highest BCUT2D eigenvalue weighted by Crippen LogP contribution is 2.44. The van der Waals surface area contributed by atoms with E-state index in [4.69, 9.17) is 19.9 Å². The Morgan fingerprint density at radius 1 is 0.353 bits per heavy atom. The number of pyridine rings is 1. The van der Waals surface area contributed by atoms with Crippen molar-refractivity contribution in [2.45, 2.75) is 0 Å². The first kappa shape index (κ1) is 29.4. The predicted octanol–water partition coefficient (Wildman–Crippen LogP) is 12.3. The quantitative estimate of drug-likeness (QED) is 0.171. The van der Waals surface area contributed by atoms with Crippen molar-refractivity contribution in [3.05, 3.63) is 170 Å². The van der Waals surface area contributed by atoms with Gasteiger partial charge >= 0.3 is 0 Å². The Balaban J connectivity index is 1.09. The molecule has 0 radical (unpaired) electrons. The zero-order chi connectivity index (χ0) is 33.7. The zero-order valence-corrected chi connectivity index (χ0v) is 28.2. The van der Waals surface area contributed by atoms with Gasteiger partial charge in [0.1, 0.15) is 0 Å². The maximum absolute atomic E-state index is 5.46. The standard InChI is InChI=1S/C46H28N4S/c1-3-13-31(14-4-1)44-48-45(32-15-5-2-6-16-32)50-46(49-44)33-24-22-29(23-25-33)34-17-11-18-35(28-34)41-40-37-20-9-10-21-39(37)51-43(40)38-27-26-30-12-7-8-19-36(30)42(38)47-41/h1-28H. The molecular formula is C46H28N4S. The second kappa shape index (κ2) is 12.1. The van der Waals surface area contributed by atoms with E-state index in [1.54, 1.807) is 0 Å². The summed E-state index contributed by atoms with van der Waals surface area (Å²) in [5, 5.41) is 6.02. The van der Waals surface area contributed by atoms with Crippen LogP contribution in [0.3, 0.4) is 0 Å². The molecule has 0 aliphatic rings. The molecule has 0 bridgehead atoms. The smallest absolute Gasteiger partial charge is 0.164 e. The third-order valence-corrected chi connectivity index (χ3v) is 10.7. The van der Waals surface area contributed by atoms with Gasteiger partial charge in [-0.2, -0.15) is 0 Å². The van der Waals surface area contributed by atoms with Gasteiger partial charge in [-0.25, -0.2) is 19.9 Å². The summed E-state index contributed by atoms with van der Waals surface area (Å²) in [7, 11) is 0. The minimum atomic E-state index is 0.641. The van der Waals surface area contributed by atoms with Gasteiger partial charge in [-0.05, 0) is 28.6 Å². The van der Waals surface area contributed by atoms with Crippen LogP contribution in [0, 0.1) is 0 Å². The molecule has 3 heterocycles. The van der Waals surface area contributed by atoms with Crippen LogP contribution in [-0.4, -0.2) is 19.9 Å². The summed E-state index contributed by atoms with van der Waals surface area (Å²) in [5.74, 6) is 1.95. The molecule has 0 atom stereocenters. The van der Waals surface area contributed by atoms with Gasteiger partial charge in [0.2, 0.25) is 0 Å². The second-order valence-electron chi connectivity index (χ2n) is 12.6. The molecule has 0 saturated carbocycles. The highest BCUT2D eigenvalue weighted by Gasteiger charge is 2.18. The molecule has 10 aromatic rings. The fraction of sp³-hybridized carbons (Fsp3) is 0.